The summed E-state index contributed by atoms with van der Waals surface area (Å²) < 4.78 is 0. The lowest BCUT2D eigenvalue weighted by atomic mass is 10.0. The molecule has 2 heterocycles. The quantitative estimate of drug-likeness (QED) is 0.875. The minimum Gasteiger partial charge on any atom is -0.478 e. The summed E-state index contributed by atoms with van der Waals surface area (Å²) in [7, 11) is 0. The van der Waals surface area contributed by atoms with Crippen LogP contribution in [0.5, 0.6) is 0 Å². The topological polar surface area (TPSA) is 70.4 Å². The molecule has 17 heavy (non-hydrogen) atoms. The van der Waals surface area contributed by atoms with E-state index >= 15 is 0 Å². The zero-order valence-electron chi connectivity index (χ0n) is 9.12. The summed E-state index contributed by atoms with van der Waals surface area (Å²) in [6.45, 7) is 1.86. The van der Waals surface area contributed by atoms with E-state index in [0.29, 0.717) is 10.4 Å². The number of aliphatic hydroxyl groups excluding tert-OH is 1. The van der Waals surface area contributed by atoms with Gasteiger partial charge in [0, 0.05) is 18.0 Å². The number of aromatic carboxylic acids is 1. The molecule has 2 rings (SSSR count). The first-order chi connectivity index (χ1) is 8.11. The van der Waals surface area contributed by atoms with Gasteiger partial charge >= 0.3 is 5.97 Å². The first-order valence-electron chi connectivity index (χ1n) is 5.00. The van der Waals surface area contributed by atoms with Gasteiger partial charge in [-0.25, -0.2) is 4.79 Å². The first-order valence-corrected chi connectivity index (χ1v) is 5.88. The fraction of sp³-hybridized carbons (Fsp3) is 0.167. The molecule has 88 valence electrons. The molecule has 0 fully saturated rings. The van der Waals surface area contributed by atoms with E-state index in [9.17, 15) is 9.90 Å². The Morgan fingerprint density at radius 2 is 2.24 bits per heavy atom. The SMILES string of the molecule is Cc1ccncc1C(O)c1sccc1C(=O)O. The first kappa shape index (κ1) is 11.8. The number of rotatable bonds is 3. The molecule has 0 radical (unpaired) electrons. The van der Waals surface area contributed by atoms with Gasteiger partial charge in [0.05, 0.1) is 10.4 Å². The van der Waals surface area contributed by atoms with Gasteiger partial charge in [0.15, 0.2) is 0 Å². The molecule has 2 aromatic heterocycles. The van der Waals surface area contributed by atoms with Crippen LogP contribution in [0.4, 0.5) is 0 Å². The van der Waals surface area contributed by atoms with Crippen molar-refractivity contribution in [3.8, 4) is 0 Å². The smallest absolute Gasteiger partial charge is 0.336 e. The van der Waals surface area contributed by atoms with E-state index in [2.05, 4.69) is 4.98 Å². The monoisotopic (exact) mass is 249 g/mol. The van der Waals surface area contributed by atoms with Crippen LogP contribution in [0.15, 0.2) is 29.9 Å². The van der Waals surface area contributed by atoms with E-state index < -0.39 is 12.1 Å². The highest BCUT2D eigenvalue weighted by molar-refractivity contribution is 7.10. The molecule has 0 aliphatic carbocycles. The van der Waals surface area contributed by atoms with Crippen LogP contribution in [0.2, 0.25) is 0 Å². The van der Waals surface area contributed by atoms with Gasteiger partial charge in [-0.2, -0.15) is 0 Å². The predicted octanol–water partition coefficient (Wildman–Crippen LogP) is 2.23. The second kappa shape index (κ2) is 4.65. The van der Waals surface area contributed by atoms with E-state index in [0.717, 1.165) is 5.56 Å². The van der Waals surface area contributed by atoms with Crippen LogP contribution in [0.25, 0.3) is 0 Å². The van der Waals surface area contributed by atoms with Crippen molar-refractivity contribution in [3.05, 3.63) is 51.5 Å². The Hall–Kier alpha value is -1.72. The molecule has 0 aliphatic rings. The van der Waals surface area contributed by atoms with Gasteiger partial charge in [-0.3, -0.25) is 4.98 Å². The number of aliphatic hydroxyl groups is 1. The number of carboxylic acids is 1. The molecule has 2 aromatic rings. The second-order valence-corrected chi connectivity index (χ2v) is 4.59. The molecule has 0 bridgehead atoms. The highest BCUT2D eigenvalue weighted by atomic mass is 32.1. The van der Waals surface area contributed by atoms with Gasteiger partial charge in [0.2, 0.25) is 0 Å². The molecular formula is C12H11NO3S. The third kappa shape index (κ3) is 2.20. The van der Waals surface area contributed by atoms with Crippen molar-refractivity contribution in [2.75, 3.05) is 0 Å². The number of hydrogen-bond acceptors (Lipinski definition) is 4. The number of pyridine rings is 1. The third-order valence-electron chi connectivity index (χ3n) is 2.55. The van der Waals surface area contributed by atoms with Crippen molar-refractivity contribution in [2.45, 2.75) is 13.0 Å². The number of carbonyl (C=O) groups is 1. The highest BCUT2D eigenvalue weighted by Crippen LogP contribution is 2.30. The van der Waals surface area contributed by atoms with E-state index in [1.54, 1.807) is 23.8 Å². The number of aromatic nitrogens is 1. The minimum absolute atomic E-state index is 0.144. The summed E-state index contributed by atoms with van der Waals surface area (Å²) in [5.41, 5.74) is 1.67. The normalized spacial score (nSPS) is 12.4. The summed E-state index contributed by atoms with van der Waals surface area (Å²) in [5.74, 6) is -1.03. The molecule has 4 nitrogen and oxygen atoms in total. The number of carboxylic acid groups (broad SMARTS) is 1. The standard InChI is InChI=1S/C12H11NO3S/c1-7-2-4-13-6-9(7)10(14)11-8(12(15)16)3-5-17-11/h2-6,10,14H,1H3,(H,15,16). The maximum Gasteiger partial charge on any atom is 0.336 e. The van der Waals surface area contributed by atoms with Gasteiger partial charge < -0.3 is 10.2 Å². The summed E-state index contributed by atoms with van der Waals surface area (Å²) in [6, 6.07) is 3.28. The van der Waals surface area contributed by atoms with Crippen LogP contribution in [0, 0.1) is 6.92 Å². The van der Waals surface area contributed by atoms with Crippen molar-refractivity contribution in [3.63, 3.8) is 0 Å². The minimum atomic E-state index is -1.03. The fourth-order valence-electron chi connectivity index (χ4n) is 1.61. The zero-order chi connectivity index (χ0) is 12.4. The lowest BCUT2D eigenvalue weighted by molar-refractivity contribution is 0.0692. The predicted molar refractivity (Wildman–Crippen MR) is 64.3 cm³/mol. The maximum absolute atomic E-state index is 11.0. The van der Waals surface area contributed by atoms with Gasteiger partial charge in [-0.15, -0.1) is 11.3 Å². The lowest BCUT2D eigenvalue weighted by Gasteiger charge is -2.12. The number of nitrogens with zero attached hydrogens (tertiary/aromatic N) is 1. The van der Waals surface area contributed by atoms with Crippen molar-refractivity contribution in [2.24, 2.45) is 0 Å². The van der Waals surface area contributed by atoms with E-state index in [1.807, 2.05) is 6.92 Å². The number of hydrogen-bond donors (Lipinski definition) is 2. The van der Waals surface area contributed by atoms with Crippen LogP contribution in [-0.2, 0) is 0 Å². The molecule has 2 N–H and O–H groups in total. The van der Waals surface area contributed by atoms with Crippen LogP contribution < -0.4 is 0 Å². The van der Waals surface area contributed by atoms with Gasteiger partial charge in [-0.05, 0) is 30.0 Å². The van der Waals surface area contributed by atoms with E-state index in [4.69, 9.17) is 5.11 Å². The van der Waals surface area contributed by atoms with Gasteiger partial charge in [0.25, 0.3) is 0 Å². The zero-order valence-corrected chi connectivity index (χ0v) is 9.94. The Morgan fingerprint density at radius 1 is 1.47 bits per heavy atom. The Kier molecular flexibility index (Phi) is 3.21. The summed E-state index contributed by atoms with van der Waals surface area (Å²) in [6.07, 6.45) is 2.26. The van der Waals surface area contributed by atoms with E-state index in [1.165, 1.54) is 17.4 Å². The maximum atomic E-state index is 11.0. The average Bonchev–Trinajstić information content (AvgIpc) is 2.77. The molecule has 0 saturated carbocycles. The molecule has 0 aliphatic heterocycles. The molecule has 0 amide bonds. The number of aryl methyl sites for hydroxylation is 1. The molecule has 5 heteroatoms. The molecule has 0 spiro atoms. The Bertz CT molecular complexity index is 550. The highest BCUT2D eigenvalue weighted by Gasteiger charge is 2.21. The van der Waals surface area contributed by atoms with Crippen LogP contribution in [-0.4, -0.2) is 21.2 Å². The Morgan fingerprint density at radius 3 is 2.88 bits per heavy atom. The molecule has 1 unspecified atom stereocenters. The third-order valence-corrected chi connectivity index (χ3v) is 3.52. The lowest BCUT2D eigenvalue weighted by Crippen LogP contribution is -2.06. The number of thiophene rings is 1. The summed E-state index contributed by atoms with van der Waals surface area (Å²) >= 11 is 1.23. The summed E-state index contributed by atoms with van der Waals surface area (Å²) in [5, 5.41) is 20.9. The van der Waals surface area contributed by atoms with Crippen molar-refractivity contribution >= 4 is 17.3 Å². The second-order valence-electron chi connectivity index (χ2n) is 3.64. The van der Waals surface area contributed by atoms with E-state index in [-0.39, 0.29) is 5.56 Å². The largest absolute Gasteiger partial charge is 0.478 e. The van der Waals surface area contributed by atoms with Crippen molar-refractivity contribution in [1.29, 1.82) is 0 Å². The summed E-state index contributed by atoms with van der Waals surface area (Å²) in [4.78, 5) is 15.4. The molecule has 1 atom stereocenters. The van der Waals surface area contributed by atoms with Gasteiger partial charge in [-0.1, -0.05) is 0 Å². The van der Waals surface area contributed by atoms with Crippen LogP contribution in [0.3, 0.4) is 0 Å². The van der Waals surface area contributed by atoms with Crippen molar-refractivity contribution < 1.29 is 15.0 Å². The Balaban J connectivity index is 2.44. The van der Waals surface area contributed by atoms with Crippen LogP contribution in [0.1, 0.15) is 32.5 Å². The van der Waals surface area contributed by atoms with Gasteiger partial charge in [0.1, 0.15) is 6.10 Å². The van der Waals surface area contributed by atoms with Crippen LogP contribution >= 0.6 is 11.3 Å². The molecular weight excluding hydrogens is 238 g/mol. The molecule has 0 saturated heterocycles. The average molecular weight is 249 g/mol. The molecule has 0 aromatic carbocycles. The fourth-order valence-corrected chi connectivity index (χ4v) is 2.50. The van der Waals surface area contributed by atoms with Crippen molar-refractivity contribution in [1.82, 2.24) is 4.98 Å². The Labute approximate surface area is 102 Å².